The SMILES string of the molecule is COc1ccc2nc(C)cc(Cl)c2c1C(N)=O. The number of primary amides is 1. The summed E-state index contributed by atoms with van der Waals surface area (Å²) in [6.07, 6.45) is 0. The van der Waals surface area contributed by atoms with Gasteiger partial charge in [0.25, 0.3) is 5.91 Å². The first-order chi connectivity index (χ1) is 8.04. The van der Waals surface area contributed by atoms with Crippen molar-refractivity contribution in [1.29, 1.82) is 0 Å². The third-order valence-electron chi connectivity index (χ3n) is 2.48. The van der Waals surface area contributed by atoms with E-state index in [9.17, 15) is 4.79 Å². The Morgan fingerprint density at radius 3 is 2.76 bits per heavy atom. The van der Waals surface area contributed by atoms with Gasteiger partial charge in [0.1, 0.15) is 5.75 Å². The first-order valence-corrected chi connectivity index (χ1v) is 5.36. The van der Waals surface area contributed by atoms with Gasteiger partial charge in [-0.25, -0.2) is 0 Å². The van der Waals surface area contributed by atoms with Crippen molar-refractivity contribution in [3.05, 3.63) is 34.5 Å². The van der Waals surface area contributed by atoms with E-state index in [1.807, 2.05) is 6.92 Å². The van der Waals surface area contributed by atoms with Gasteiger partial charge < -0.3 is 10.5 Å². The Kier molecular flexibility index (Phi) is 2.90. The summed E-state index contributed by atoms with van der Waals surface area (Å²) >= 11 is 6.14. The number of methoxy groups -OCH3 is 1. The zero-order chi connectivity index (χ0) is 12.6. The van der Waals surface area contributed by atoms with E-state index in [1.165, 1.54) is 7.11 Å². The van der Waals surface area contributed by atoms with Crippen LogP contribution in [0.25, 0.3) is 10.9 Å². The molecule has 2 rings (SSSR count). The summed E-state index contributed by atoms with van der Waals surface area (Å²) in [5, 5.41) is 0.976. The lowest BCUT2D eigenvalue weighted by atomic mass is 10.1. The number of carbonyl (C=O) groups is 1. The van der Waals surface area contributed by atoms with Crippen LogP contribution in [0.15, 0.2) is 18.2 Å². The van der Waals surface area contributed by atoms with Crippen molar-refractivity contribution in [2.45, 2.75) is 6.92 Å². The molecule has 0 aliphatic rings. The number of hydrogen-bond donors (Lipinski definition) is 1. The van der Waals surface area contributed by atoms with Gasteiger partial charge in [-0.15, -0.1) is 0 Å². The highest BCUT2D eigenvalue weighted by Gasteiger charge is 2.17. The molecule has 88 valence electrons. The summed E-state index contributed by atoms with van der Waals surface area (Å²) in [5.74, 6) is -0.183. The number of rotatable bonds is 2. The normalized spacial score (nSPS) is 10.5. The highest BCUT2D eigenvalue weighted by atomic mass is 35.5. The summed E-state index contributed by atoms with van der Waals surface area (Å²) < 4.78 is 5.11. The zero-order valence-electron chi connectivity index (χ0n) is 9.45. The second-order valence-electron chi connectivity index (χ2n) is 3.65. The van der Waals surface area contributed by atoms with Crippen LogP contribution in [0.3, 0.4) is 0 Å². The fraction of sp³-hybridized carbons (Fsp3) is 0.167. The molecule has 0 aliphatic carbocycles. The molecule has 0 aliphatic heterocycles. The maximum atomic E-state index is 11.5. The Morgan fingerprint density at radius 2 is 2.18 bits per heavy atom. The lowest BCUT2D eigenvalue weighted by molar-refractivity contribution is 0.0999. The van der Waals surface area contributed by atoms with Crippen molar-refractivity contribution in [3.8, 4) is 5.75 Å². The van der Waals surface area contributed by atoms with Crippen LogP contribution in [-0.4, -0.2) is 18.0 Å². The molecule has 4 nitrogen and oxygen atoms in total. The minimum absolute atomic E-state index is 0.266. The largest absolute Gasteiger partial charge is 0.496 e. The van der Waals surface area contributed by atoms with Gasteiger partial charge in [0.2, 0.25) is 0 Å². The van der Waals surface area contributed by atoms with Gasteiger partial charge in [-0.05, 0) is 25.1 Å². The molecular formula is C12H11ClN2O2. The lowest BCUT2D eigenvalue weighted by Gasteiger charge is -2.10. The highest BCUT2D eigenvalue weighted by molar-refractivity contribution is 6.37. The van der Waals surface area contributed by atoms with Crippen molar-refractivity contribution in [2.24, 2.45) is 5.73 Å². The molecule has 5 heteroatoms. The molecule has 1 heterocycles. The number of nitrogens with zero attached hydrogens (tertiary/aromatic N) is 1. The average molecular weight is 251 g/mol. The van der Waals surface area contributed by atoms with E-state index in [2.05, 4.69) is 4.98 Å². The molecule has 0 bridgehead atoms. The van der Waals surface area contributed by atoms with Crippen molar-refractivity contribution in [3.63, 3.8) is 0 Å². The number of pyridine rings is 1. The Balaban J connectivity index is 2.94. The third-order valence-corrected chi connectivity index (χ3v) is 2.78. The number of benzene rings is 1. The van der Waals surface area contributed by atoms with Gasteiger partial charge >= 0.3 is 0 Å². The molecule has 1 aromatic carbocycles. The van der Waals surface area contributed by atoms with Crippen LogP contribution in [0.4, 0.5) is 0 Å². The van der Waals surface area contributed by atoms with Crippen molar-refractivity contribution in [2.75, 3.05) is 7.11 Å². The fourth-order valence-corrected chi connectivity index (χ4v) is 2.15. The van der Waals surface area contributed by atoms with Crippen LogP contribution in [0.2, 0.25) is 5.02 Å². The van der Waals surface area contributed by atoms with E-state index in [0.717, 1.165) is 5.69 Å². The van der Waals surface area contributed by atoms with E-state index in [4.69, 9.17) is 22.1 Å². The first kappa shape index (κ1) is 11.7. The second-order valence-corrected chi connectivity index (χ2v) is 4.05. The fourth-order valence-electron chi connectivity index (χ4n) is 1.80. The second kappa shape index (κ2) is 4.22. The van der Waals surface area contributed by atoms with Gasteiger partial charge in [0.05, 0.1) is 23.2 Å². The number of aromatic nitrogens is 1. The summed E-state index contributed by atoms with van der Waals surface area (Å²) in [6, 6.07) is 5.10. The summed E-state index contributed by atoms with van der Waals surface area (Å²) in [5.41, 5.74) is 7.03. The maximum Gasteiger partial charge on any atom is 0.253 e. The molecule has 1 amide bonds. The van der Waals surface area contributed by atoms with Crippen LogP contribution in [0.1, 0.15) is 16.1 Å². The number of halogens is 1. The van der Waals surface area contributed by atoms with Crippen LogP contribution < -0.4 is 10.5 Å². The minimum atomic E-state index is -0.583. The van der Waals surface area contributed by atoms with E-state index >= 15 is 0 Å². The maximum absolute atomic E-state index is 11.5. The Bertz CT molecular complexity index is 611. The molecule has 0 unspecified atom stereocenters. The summed E-state index contributed by atoms with van der Waals surface area (Å²) in [6.45, 7) is 1.83. The number of amides is 1. The molecule has 0 radical (unpaired) electrons. The molecule has 0 saturated carbocycles. The van der Waals surface area contributed by atoms with Gasteiger partial charge in [-0.2, -0.15) is 0 Å². The van der Waals surface area contributed by atoms with Crippen LogP contribution in [0.5, 0.6) is 5.75 Å². The van der Waals surface area contributed by atoms with E-state index < -0.39 is 5.91 Å². The Morgan fingerprint density at radius 1 is 1.47 bits per heavy atom. The lowest BCUT2D eigenvalue weighted by Crippen LogP contribution is -2.13. The summed E-state index contributed by atoms with van der Waals surface area (Å²) in [4.78, 5) is 15.8. The average Bonchev–Trinajstić information content (AvgIpc) is 2.27. The Labute approximate surface area is 103 Å². The molecule has 0 spiro atoms. The number of aryl methyl sites for hydroxylation is 1. The number of ether oxygens (including phenoxy) is 1. The number of carbonyl (C=O) groups excluding carboxylic acids is 1. The van der Waals surface area contributed by atoms with E-state index in [-0.39, 0.29) is 5.56 Å². The van der Waals surface area contributed by atoms with Crippen molar-refractivity contribution >= 4 is 28.4 Å². The standard InChI is InChI=1S/C12H11ClN2O2/c1-6-5-7(13)10-8(15-6)3-4-9(17-2)11(10)12(14)16/h3-5H,1-2H3,(H2,14,16). The monoisotopic (exact) mass is 250 g/mol. The topological polar surface area (TPSA) is 65.2 Å². The predicted octanol–water partition coefficient (Wildman–Crippen LogP) is 2.30. The smallest absolute Gasteiger partial charge is 0.253 e. The molecule has 0 saturated heterocycles. The summed E-state index contributed by atoms with van der Waals surface area (Å²) in [7, 11) is 1.48. The first-order valence-electron chi connectivity index (χ1n) is 4.98. The van der Waals surface area contributed by atoms with Gasteiger partial charge in [0.15, 0.2) is 0 Å². The molecule has 2 aromatic rings. The van der Waals surface area contributed by atoms with Crippen molar-refractivity contribution in [1.82, 2.24) is 4.98 Å². The molecule has 17 heavy (non-hydrogen) atoms. The molecule has 2 N–H and O–H groups in total. The Hall–Kier alpha value is -1.81. The molecule has 0 atom stereocenters. The molecule has 0 fully saturated rings. The highest BCUT2D eigenvalue weighted by Crippen LogP contribution is 2.32. The van der Waals surface area contributed by atoms with Crippen LogP contribution in [-0.2, 0) is 0 Å². The predicted molar refractivity (Wildman–Crippen MR) is 66.6 cm³/mol. The molecular weight excluding hydrogens is 240 g/mol. The van der Waals surface area contributed by atoms with Gasteiger partial charge in [-0.1, -0.05) is 11.6 Å². The number of hydrogen-bond acceptors (Lipinski definition) is 3. The molecule has 1 aromatic heterocycles. The number of fused-ring (bicyclic) bond motifs is 1. The zero-order valence-corrected chi connectivity index (χ0v) is 10.2. The van der Waals surface area contributed by atoms with E-state index in [1.54, 1.807) is 18.2 Å². The third kappa shape index (κ3) is 1.91. The van der Waals surface area contributed by atoms with Gasteiger partial charge in [-0.3, -0.25) is 9.78 Å². The number of nitrogens with two attached hydrogens (primary N) is 1. The van der Waals surface area contributed by atoms with Crippen LogP contribution in [0, 0.1) is 6.92 Å². The van der Waals surface area contributed by atoms with Crippen LogP contribution >= 0.6 is 11.6 Å². The van der Waals surface area contributed by atoms with Crippen molar-refractivity contribution < 1.29 is 9.53 Å². The quantitative estimate of drug-likeness (QED) is 0.889. The van der Waals surface area contributed by atoms with Gasteiger partial charge in [0, 0.05) is 11.1 Å². The van der Waals surface area contributed by atoms with E-state index in [0.29, 0.717) is 21.7 Å². The minimum Gasteiger partial charge on any atom is -0.496 e.